The third-order valence-corrected chi connectivity index (χ3v) is 5.93. The summed E-state index contributed by atoms with van der Waals surface area (Å²) in [7, 11) is 4.11. The van der Waals surface area contributed by atoms with Crippen LogP contribution in [0.4, 0.5) is 0 Å². The second-order valence-electron chi connectivity index (χ2n) is 8.05. The Bertz CT molecular complexity index is 757. The van der Waals surface area contributed by atoms with Gasteiger partial charge in [0.1, 0.15) is 0 Å². The van der Waals surface area contributed by atoms with E-state index in [0.29, 0.717) is 12.6 Å². The molecule has 1 aromatic heterocycles. The van der Waals surface area contributed by atoms with Gasteiger partial charge in [-0.05, 0) is 52.4 Å². The van der Waals surface area contributed by atoms with Crippen LogP contribution in [0.5, 0.6) is 0 Å². The number of nitrogens with one attached hydrogen (secondary N) is 1. The number of benzene rings is 1. The van der Waals surface area contributed by atoms with Crippen LogP contribution in [0, 0.1) is 13.8 Å². The molecule has 1 unspecified atom stereocenters. The number of aryl methyl sites for hydroxylation is 1. The summed E-state index contributed by atoms with van der Waals surface area (Å²) in [6.45, 7) is 4.82. The number of aromatic nitrogens is 1. The van der Waals surface area contributed by atoms with Gasteiger partial charge in [0.05, 0.1) is 11.6 Å². The number of rotatable bonds is 6. The molecule has 1 heterocycles. The maximum absolute atomic E-state index is 12.9. The summed E-state index contributed by atoms with van der Waals surface area (Å²) in [5, 5.41) is 3.17. The number of nitrogens with zero attached hydrogens (tertiary/aromatic N) is 2. The molecule has 0 saturated heterocycles. The average Bonchev–Trinajstić information content (AvgIpc) is 2.97. The smallest absolute Gasteiger partial charge is 0.253 e. The van der Waals surface area contributed by atoms with Gasteiger partial charge in [-0.1, -0.05) is 49.6 Å². The van der Waals surface area contributed by atoms with Crippen LogP contribution in [0.3, 0.4) is 0 Å². The van der Waals surface area contributed by atoms with E-state index in [9.17, 15) is 4.79 Å². The second kappa shape index (κ2) is 8.75. The molecule has 2 aromatic rings. The molecule has 4 nitrogen and oxygen atoms in total. The van der Waals surface area contributed by atoms with Gasteiger partial charge in [0.15, 0.2) is 0 Å². The van der Waals surface area contributed by atoms with Crippen molar-refractivity contribution in [1.29, 1.82) is 0 Å². The SMILES string of the molecule is Cc1cc(C(=O)NCC(c2ccccc2)N(C)C)c(C)n1C1CCCCC1. The van der Waals surface area contributed by atoms with E-state index in [2.05, 4.69) is 60.9 Å². The van der Waals surface area contributed by atoms with E-state index in [0.717, 1.165) is 11.3 Å². The normalized spacial score (nSPS) is 16.5. The molecule has 3 rings (SSSR count). The summed E-state index contributed by atoms with van der Waals surface area (Å²) in [4.78, 5) is 15.1. The third kappa shape index (κ3) is 4.44. The van der Waals surface area contributed by atoms with Crippen molar-refractivity contribution >= 4 is 5.91 Å². The van der Waals surface area contributed by atoms with Gasteiger partial charge in [-0.15, -0.1) is 0 Å². The number of carbonyl (C=O) groups excluding carboxylic acids is 1. The van der Waals surface area contributed by atoms with Crippen LogP contribution in [-0.2, 0) is 0 Å². The quantitative estimate of drug-likeness (QED) is 0.807. The molecule has 27 heavy (non-hydrogen) atoms. The van der Waals surface area contributed by atoms with Crippen molar-refractivity contribution in [1.82, 2.24) is 14.8 Å². The highest BCUT2D eigenvalue weighted by atomic mass is 16.1. The molecule has 0 aliphatic heterocycles. The van der Waals surface area contributed by atoms with Crippen LogP contribution in [-0.4, -0.2) is 36.0 Å². The van der Waals surface area contributed by atoms with E-state index >= 15 is 0 Å². The van der Waals surface area contributed by atoms with Crippen molar-refractivity contribution in [2.75, 3.05) is 20.6 Å². The maximum atomic E-state index is 12.9. The molecular weight excluding hydrogens is 334 g/mol. The molecule has 1 atom stereocenters. The Hall–Kier alpha value is -2.07. The summed E-state index contributed by atoms with van der Waals surface area (Å²) in [6, 6.07) is 13.1. The summed E-state index contributed by atoms with van der Waals surface area (Å²) < 4.78 is 2.40. The van der Waals surface area contributed by atoms with Crippen LogP contribution >= 0.6 is 0 Å². The van der Waals surface area contributed by atoms with E-state index in [1.807, 2.05) is 18.2 Å². The van der Waals surface area contributed by atoms with Crippen molar-refractivity contribution in [2.24, 2.45) is 0 Å². The van der Waals surface area contributed by atoms with Gasteiger partial charge in [0.2, 0.25) is 0 Å². The molecule has 1 N–H and O–H groups in total. The first-order chi connectivity index (χ1) is 13.0. The zero-order valence-corrected chi connectivity index (χ0v) is 17.2. The fraction of sp³-hybridized carbons (Fsp3) is 0.522. The largest absolute Gasteiger partial charge is 0.350 e. The van der Waals surface area contributed by atoms with Gasteiger partial charge in [0.25, 0.3) is 5.91 Å². The van der Waals surface area contributed by atoms with Crippen LogP contribution in [0.25, 0.3) is 0 Å². The molecule has 1 fully saturated rings. The van der Waals surface area contributed by atoms with E-state index in [1.165, 1.54) is 43.4 Å². The fourth-order valence-corrected chi connectivity index (χ4v) is 4.47. The Morgan fingerprint density at radius 1 is 1.15 bits per heavy atom. The molecule has 1 aliphatic rings. The fourth-order valence-electron chi connectivity index (χ4n) is 4.47. The lowest BCUT2D eigenvalue weighted by molar-refractivity contribution is 0.0941. The van der Waals surface area contributed by atoms with E-state index < -0.39 is 0 Å². The predicted molar refractivity (Wildman–Crippen MR) is 111 cm³/mol. The summed E-state index contributed by atoms with van der Waals surface area (Å²) in [6.07, 6.45) is 6.40. The van der Waals surface area contributed by atoms with Crippen molar-refractivity contribution in [3.05, 3.63) is 58.9 Å². The minimum atomic E-state index is 0.0351. The first kappa shape index (κ1) is 19.7. The lowest BCUT2D eigenvalue weighted by Gasteiger charge is -2.26. The van der Waals surface area contributed by atoms with Crippen molar-refractivity contribution < 1.29 is 4.79 Å². The van der Waals surface area contributed by atoms with E-state index in [-0.39, 0.29) is 11.9 Å². The van der Waals surface area contributed by atoms with Gasteiger partial charge in [-0.25, -0.2) is 0 Å². The Kier molecular flexibility index (Phi) is 6.38. The molecular formula is C23H33N3O. The van der Waals surface area contributed by atoms with Gasteiger partial charge in [-0.3, -0.25) is 4.79 Å². The summed E-state index contributed by atoms with van der Waals surface area (Å²) >= 11 is 0. The number of hydrogen-bond acceptors (Lipinski definition) is 2. The average molecular weight is 368 g/mol. The van der Waals surface area contributed by atoms with Crippen molar-refractivity contribution in [2.45, 2.75) is 58.0 Å². The maximum Gasteiger partial charge on any atom is 0.253 e. The second-order valence-corrected chi connectivity index (χ2v) is 8.05. The highest BCUT2D eigenvalue weighted by molar-refractivity contribution is 5.95. The number of likely N-dealkylation sites (N-methyl/N-ethyl adjacent to an activating group) is 1. The zero-order chi connectivity index (χ0) is 19.4. The summed E-state index contributed by atoms with van der Waals surface area (Å²) in [5.41, 5.74) is 4.36. The first-order valence-corrected chi connectivity index (χ1v) is 10.2. The van der Waals surface area contributed by atoms with Crippen LogP contribution in [0.15, 0.2) is 36.4 Å². The topological polar surface area (TPSA) is 37.3 Å². The standard InChI is InChI=1S/C23H33N3O/c1-17-15-21(18(2)26(17)20-13-9-6-10-14-20)23(27)24-16-22(25(3)4)19-11-7-5-8-12-19/h5,7-8,11-12,15,20,22H,6,9-10,13-14,16H2,1-4H3,(H,24,27). The lowest BCUT2D eigenvalue weighted by Crippen LogP contribution is -2.34. The molecule has 1 aliphatic carbocycles. The van der Waals surface area contributed by atoms with Crippen molar-refractivity contribution in [3.8, 4) is 0 Å². The Morgan fingerprint density at radius 2 is 1.81 bits per heavy atom. The molecule has 1 aromatic carbocycles. The zero-order valence-electron chi connectivity index (χ0n) is 17.2. The number of hydrogen-bond donors (Lipinski definition) is 1. The monoisotopic (exact) mass is 367 g/mol. The Morgan fingerprint density at radius 3 is 2.44 bits per heavy atom. The molecule has 0 spiro atoms. The molecule has 1 amide bonds. The third-order valence-electron chi connectivity index (χ3n) is 5.93. The van der Waals surface area contributed by atoms with E-state index in [4.69, 9.17) is 0 Å². The van der Waals surface area contributed by atoms with Gasteiger partial charge >= 0.3 is 0 Å². The Labute approximate surface area is 163 Å². The molecule has 0 radical (unpaired) electrons. The van der Waals surface area contributed by atoms with Crippen molar-refractivity contribution in [3.63, 3.8) is 0 Å². The highest BCUT2D eigenvalue weighted by Gasteiger charge is 2.23. The molecule has 146 valence electrons. The van der Waals surface area contributed by atoms with E-state index in [1.54, 1.807) is 0 Å². The Balaban J connectivity index is 1.72. The molecule has 1 saturated carbocycles. The molecule has 4 heteroatoms. The highest BCUT2D eigenvalue weighted by Crippen LogP contribution is 2.32. The predicted octanol–water partition coefficient (Wildman–Crippen LogP) is 4.64. The first-order valence-electron chi connectivity index (χ1n) is 10.2. The van der Waals surface area contributed by atoms with Gasteiger partial charge in [0, 0.05) is 24.0 Å². The minimum absolute atomic E-state index is 0.0351. The van der Waals surface area contributed by atoms with Gasteiger partial charge in [-0.2, -0.15) is 0 Å². The molecule has 0 bridgehead atoms. The summed E-state index contributed by atoms with van der Waals surface area (Å²) in [5.74, 6) is 0.0351. The van der Waals surface area contributed by atoms with Crippen LogP contribution < -0.4 is 5.32 Å². The van der Waals surface area contributed by atoms with Gasteiger partial charge < -0.3 is 14.8 Å². The van der Waals surface area contributed by atoms with Crippen LogP contribution in [0.1, 0.15) is 71.5 Å². The minimum Gasteiger partial charge on any atom is -0.350 e. The lowest BCUT2D eigenvalue weighted by atomic mass is 9.95. The number of carbonyl (C=O) groups is 1. The number of amides is 1. The van der Waals surface area contributed by atoms with Crippen LogP contribution in [0.2, 0.25) is 0 Å².